The monoisotopic (exact) mass is 302 g/mol. The van der Waals surface area contributed by atoms with Crippen LogP contribution in [0.1, 0.15) is 16.1 Å². The van der Waals surface area contributed by atoms with E-state index in [-0.39, 0.29) is 11.7 Å². The summed E-state index contributed by atoms with van der Waals surface area (Å²) < 4.78 is 13.2. The van der Waals surface area contributed by atoms with Gasteiger partial charge >= 0.3 is 0 Å². The van der Waals surface area contributed by atoms with Crippen LogP contribution in [0.4, 0.5) is 10.1 Å². The molecular weight excluding hydrogens is 291 g/mol. The Balaban J connectivity index is 1.91. The number of nitrogens with one attached hydrogen (secondary N) is 2. The van der Waals surface area contributed by atoms with Gasteiger partial charge < -0.3 is 10.3 Å². The van der Waals surface area contributed by atoms with Gasteiger partial charge in [-0.2, -0.15) is 0 Å². The molecule has 21 heavy (non-hydrogen) atoms. The molecule has 1 heterocycles. The van der Waals surface area contributed by atoms with Gasteiger partial charge in [-0.15, -0.1) is 0 Å². The van der Waals surface area contributed by atoms with E-state index in [2.05, 4.69) is 10.3 Å². The van der Waals surface area contributed by atoms with E-state index in [0.29, 0.717) is 27.3 Å². The summed E-state index contributed by atoms with van der Waals surface area (Å²) in [7, 11) is 0. The highest BCUT2D eigenvalue weighted by molar-refractivity contribution is 6.31. The maximum absolute atomic E-state index is 13.2. The van der Waals surface area contributed by atoms with E-state index in [4.69, 9.17) is 11.6 Å². The number of fused-ring (bicyclic) bond motifs is 1. The van der Waals surface area contributed by atoms with Crippen molar-refractivity contribution in [3.63, 3.8) is 0 Å². The molecule has 0 aliphatic carbocycles. The summed E-state index contributed by atoms with van der Waals surface area (Å²) in [6.07, 6.45) is 0. The molecule has 0 unspecified atom stereocenters. The third-order valence-corrected chi connectivity index (χ3v) is 3.51. The highest BCUT2D eigenvalue weighted by Gasteiger charge is 2.11. The van der Waals surface area contributed by atoms with Crippen molar-refractivity contribution in [2.45, 2.75) is 6.92 Å². The van der Waals surface area contributed by atoms with Crippen LogP contribution in [0.2, 0.25) is 5.02 Å². The maximum atomic E-state index is 13.2. The second-order valence-corrected chi connectivity index (χ2v) is 5.26. The lowest BCUT2D eigenvalue weighted by Gasteiger charge is -2.07. The van der Waals surface area contributed by atoms with Crippen molar-refractivity contribution in [1.82, 2.24) is 4.98 Å². The molecule has 1 amide bonds. The number of hydrogen-bond acceptors (Lipinski definition) is 1. The number of rotatable bonds is 2. The zero-order valence-corrected chi connectivity index (χ0v) is 12.0. The van der Waals surface area contributed by atoms with Crippen molar-refractivity contribution < 1.29 is 9.18 Å². The molecule has 0 spiro atoms. The first-order valence-corrected chi connectivity index (χ1v) is 6.76. The minimum atomic E-state index is -0.334. The normalized spacial score (nSPS) is 10.8. The van der Waals surface area contributed by atoms with Gasteiger partial charge in [0.05, 0.1) is 0 Å². The topological polar surface area (TPSA) is 44.9 Å². The number of halogens is 2. The van der Waals surface area contributed by atoms with Crippen LogP contribution in [0.5, 0.6) is 0 Å². The quantitative estimate of drug-likeness (QED) is 0.718. The fourth-order valence-corrected chi connectivity index (χ4v) is 2.32. The van der Waals surface area contributed by atoms with Gasteiger partial charge in [0.25, 0.3) is 5.91 Å². The number of H-pyrrole nitrogens is 1. The summed E-state index contributed by atoms with van der Waals surface area (Å²) in [5.74, 6) is -0.629. The second-order valence-electron chi connectivity index (χ2n) is 4.83. The van der Waals surface area contributed by atoms with Gasteiger partial charge in [0.15, 0.2) is 0 Å². The zero-order valence-electron chi connectivity index (χ0n) is 11.2. The number of hydrogen-bond donors (Lipinski definition) is 2. The van der Waals surface area contributed by atoms with Gasteiger partial charge in [-0.25, -0.2) is 4.39 Å². The van der Waals surface area contributed by atoms with E-state index < -0.39 is 0 Å². The van der Waals surface area contributed by atoms with Crippen LogP contribution in [0.15, 0.2) is 42.5 Å². The van der Waals surface area contributed by atoms with Crippen molar-refractivity contribution in [1.29, 1.82) is 0 Å². The molecule has 2 N–H and O–H groups in total. The molecule has 5 heteroatoms. The first-order chi connectivity index (χ1) is 10.0. The summed E-state index contributed by atoms with van der Waals surface area (Å²) in [4.78, 5) is 15.2. The average Bonchev–Trinajstić information content (AvgIpc) is 2.86. The highest BCUT2D eigenvalue weighted by atomic mass is 35.5. The molecule has 2 aromatic carbocycles. The standard InChI is InChI=1S/C16H12ClFN2O/c1-9-2-3-11(17)8-14(9)20-16(21)15-7-10-6-12(18)4-5-13(10)19-15/h2-8,19H,1H3,(H,20,21). The third-order valence-electron chi connectivity index (χ3n) is 3.28. The lowest BCUT2D eigenvalue weighted by atomic mass is 10.2. The Morgan fingerprint density at radius 1 is 1.19 bits per heavy atom. The van der Waals surface area contributed by atoms with Gasteiger partial charge in [0.1, 0.15) is 11.5 Å². The zero-order chi connectivity index (χ0) is 15.0. The van der Waals surface area contributed by atoms with Crippen molar-refractivity contribution in [3.05, 3.63) is 64.6 Å². The second kappa shape index (κ2) is 5.22. The van der Waals surface area contributed by atoms with Gasteiger partial charge in [0.2, 0.25) is 0 Å². The number of anilines is 1. The van der Waals surface area contributed by atoms with Crippen LogP contribution in [-0.4, -0.2) is 10.9 Å². The average molecular weight is 303 g/mol. The molecule has 106 valence electrons. The van der Waals surface area contributed by atoms with Crippen LogP contribution < -0.4 is 5.32 Å². The highest BCUT2D eigenvalue weighted by Crippen LogP contribution is 2.22. The lowest BCUT2D eigenvalue weighted by molar-refractivity contribution is 0.102. The molecule has 1 aromatic heterocycles. The van der Waals surface area contributed by atoms with Gasteiger partial charge in [-0.3, -0.25) is 4.79 Å². The Labute approximate surface area is 125 Å². The number of aryl methyl sites for hydroxylation is 1. The molecule has 3 nitrogen and oxygen atoms in total. The van der Waals surface area contributed by atoms with Gasteiger partial charge in [0, 0.05) is 21.6 Å². The lowest BCUT2D eigenvalue weighted by Crippen LogP contribution is -2.13. The maximum Gasteiger partial charge on any atom is 0.272 e. The van der Waals surface area contributed by atoms with E-state index in [1.165, 1.54) is 12.1 Å². The van der Waals surface area contributed by atoms with E-state index in [0.717, 1.165) is 5.56 Å². The Morgan fingerprint density at radius 3 is 2.81 bits per heavy atom. The predicted octanol–water partition coefficient (Wildman–Crippen LogP) is 4.52. The number of aromatic amines is 1. The summed E-state index contributed by atoms with van der Waals surface area (Å²) in [5.41, 5.74) is 2.64. The number of carbonyl (C=O) groups excluding carboxylic acids is 1. The van der Waals surface area contributed by atoms with Crippen LogP contribution in [0.25, 0.3) is 10.9 Å². The van der Waals surface area contributed by atoms with Crippen LogP contribution in [0.3, 0.4) is 0 Å². The molecule has 3 aromatic rings. The molecule has 0 atom stereocenters. The van der Waals surface area contributed by atoms with E-state index in [1.807, 2.05) is 13.0 Å². The van der Waals surface area contributed by atoms with E-state index >= 15 is 0 Å². The summed E-state index contributed by atoms with van der Waals surface area (Å²) >= 11 is 5.93. The third kappa shape index (κ3) is 2.76. The number of benzene rings is 2. The Bertz CT molecular complexity index is 841. The van der Waals surface area contributed by atoms with E-state index in [1.54, 1.807) is 24.3 Å². The molecular formula is C16H12ClFN2O. The van der Waals surface area contributed by atoms with E-state index in [9.17, 15) is 9.18 Å². The minimum absolute atomic E-state index is 0.294. The van der Waals surface area contributed by atoms with Crippen LogP contribution in [0, 0.1) is 12.7 Å². The molecule has 3 rings (SSSR count). The first kappa shape index (κ1) is 13.6. The molecule has 0 saturated heterocycles. The smallest absolute Gasteiger partial charge is 0.272 e. The van der Waals surface area contributed by atoms with Crippen LogP contribution >= 0.6 is 11.6 Å². The SMILES string of the molecule is Cc1ccc(Cl)cc1NC(=O)c1cc2cc(F)ccc2[nH]1. The Hall–Kier alpha value is -2.33. The minimum Gasteiger partial charge on any atom is -0.351 e. The molecule has 0 saturated carbocycles. The van der Waals surface area contributed by atoms with Gasteiger partial charge in [-0.05, 0) is 48.9 Å². The summed E-state index contributed by atoms with van der Waals surface area (Å²) in [6.45, 7) is 1.88. The number of aromatic nitrogens is 1. The molecule has 0 radical (unpaired) electrons. The fourth-order valence-electron chi connectivity index (χ4n) is 2.14. The fraction of sp³-hybridized carbons (Fsp3) is 0.0625. The van der Waals surface area contributed by atoms with Crippen molar-refractivity contribution >= 4 is 34.1 Å². The first-order valence-electron chi connectivity index (χ1n) is 6.39. The van der Waals surface area contributed by atoms with Crippen LogP contribution in [-0.2, 0) is 0 Å². The Morgan fingerprint density at radius 2 is 2.00 bits per heavy atom. The largest absolute Gasteiger partial charge is 0.351 e. The Kier molecular flexibility index (Phi) is 3.39. The molecule has 0 aliphatic rings. The van der Waals surface area contributed by atoms with Gasteiger partial charge in [-0.1, -0.05) is 17.7 Å². The number of amides is 1. The summed E-state index contributed by atoms with van der Waals surface area (Å²) in [6, 6.07) is 11.2. The van der Waals surface area contributed by atoms with Crippen molar-refractivity contribution in [2.24, 2.45) is 0 Å². The van der Waals surface area contributed by atoms with Crippen molar-refractivity contribution in [2.75, 3.05) is 5.32 Å². The predicted molar refractivity (Wildman–Crippen MR) is 82.4 cm³/mol. The van der Waals surface area contributed by atoms with Crippen molar-refractivity contribution in [3.8, 4) is 0 Å². The number of carbonyl (C=O) groups is 1. The summed E-state index contributed by atoms with van der Waals surface area (Å²) in [5, 5.41) is 4.00. The molecule has 0 fully saturated rings. The molecule has 0 aliphatic heterocycles. The molecule has 0 bridgehead atoms.